The number of aliphatic hydroxyl groups excluding tert-OH is 1. The lowest BCUT2D eigenvalue weighted by Crippen LogP contribution is -2.23. The Morgan fingerprint density at radius 3 is 2.94 bits per heavy atom. The van der Waals surface area contributed by atoms with Gasteiger partial charge in [0.05, 0.1) is 30.2 Å². The molecule has 2 rings (SSSR count). The van der Waals surface area contributed by atoms with Crippen LogP contribution in [0.5, 0.6) is 0 Å². The Labute approximate surface area is 99.8 Å². The highest BCUT2D eigenvalue weighted by molar-refractivity contribution is 5.98. The number of nitrogens with zero attached hydrogens (tertiary/aromatic N) is 1. The Morgan fingerprint density at radius 1 is 1.59 bits per heavy atom. The summed E-state index contributed by atoms with van der Waals surface area (Å²) in [5.41, 5.74) is 7.52. The van der Waals surface area contributed by atoms with Gasteiger partial charge < -0.3 is 20.5 Å². The van der Waals surface area contributed by atoms with Crippen LogP contribution < -0.4 is 10.6 Å². The molecule has 17 heavy (non-hydrogen) atoms. The number of rotatable bonds is 2. The number of esters is 1. The van der Waals surface area contributed by atoms with Gasteiger partial charge in [-0.15, -0.1) is 0 Å². The number of nitrogen functional groups attached to an aromatic ring is 1. The van der Waals surface area contributed by atoms with E-state index in [1.807, 2.05) is 11.0 Å². The standard InChI is InChI=1S/C12H16N2O3/c1-17-12(16)9-3-2-4-10(11(9)13)14-6-5-8(15)7-14/h2-4,8,15H,5-7,13H2,1H3. The molecule has 0 radical (unpaired) electrons. The topological polar surface area (TPSA) is 75.8 Å². The summed E-state index contributed by atoms with van der Waals surface area (Å²) in [6.07, 6.45) is 0.401. The maximum atomic E-state index is 11.5. The van der Waals surface area contributed by atoms with E-state index in [0.717, 1.165) is 18.7 Å². The molecule has 5 nitrogen and oxygen atoms in total. The minimum atomic E-state index is -0.441. The molecule has 0 aromatic heterocycles. The van der Waals surface area contributed by atoms with Gasteiger partial charge in [0.15, 0.2) is 0 Å². The number of hydrogen-bond acceptors (Lipinski definition) is 5. The van der Waals surface area contributed by atoms with Crippen LogP contribution in [0.2, 0.25) is 0 Å². The van der Waals surface area contributed by atoms with Gasteiger partial charge in [0.2, 0.25) is 0 Å². The predicted molar refractivity (Wildman–Crippen MR) is 65.0 cm³/mol. The molecule has 1 aliphatic heterocycles. The summed E-state index contributed by atoms with van der Waals surface area (Å²) in [6, 6.07) is 5.25. The van der Waals surface area contributed by atoms with Gasteiger partial charge in [0.1, 0.15) is 0 Å². The van der Waals surface area contributed by atoms with Crippen molar-refractivity contribution in [2.75, 3.05) is 30.8 Å². The first-order valence-corrected chi connectivity index (χ1v) is 5.53. The molecule has 1 unspecified atom stereocenters. The summed E-state index contributed by atoms with van der Waals surface area (Å²) < 4.78 is 4.67. The van der Waals surface area contributed by atoms with Crippen LogP contribution in [0.4, 0.5) is 11.4 Å². The van der Waals surface area contributed by atoms with E-state index in [2.05, 4.69) is 4.74 Å². The van der Waals surface area contributed by atoms with Gasteiger partial charge >= 0.3 is 5.97 Å². The number of benzene rings is 1. The third kappa shape index (κ3) is 2.19. The van der Waals surface area contributed by atoms with E-state index >= 15 is 0 Å². The first kappa shape index (κ1) is 11.7. The van der Waals surface area contributed by atoms with E-state index in [0.29, 0.717) is 17.8 Å². The van der Waals surface area contributed by atoms with E-state index in [9.17, 15) is 9.90 Å². The molecule has 1 heterocycles. The predicted octanol–water partition coefficient (Wildman–Crippen LogP) is 0.626. The summed E-state index contributed by atoms with van der Waals surface area (Å²) in [5.74, 6) is -0.441. The maximum Gasteiger partial charge on any atom is 0.340 e. The van der Waals surface area contributed by atoms with Crippen LogP contribution in [-0.4, -0.2) is 37.4 Å². The molecule has 0 bridgehead atoms. The first-order valence-electron chi connectivity index (χ1n) is 5.53. The molecule has 92 valence electrons. The lowest BCUT2D eigenvalue weighted by atomic mass is 10.1. The maximum absolute atomic E-state index is 11.5. The van der Waals surface area contributed by atoms with Crippen molar-refractivity contribution in [3.8, 4) is 0 Å². The van der Waals surface area contributed by atoms with Crippen molar-refractivity contribution in [1.29, 1.82) is 0 Å². The van der Waals surface area contributed by atoms with Crippen molar-refractivity contribution < 1.29 is 14.6 Å². The van der Waals surface area contributed by atoms with Crippen LogP contribution in [0.3, 0.4) is 0 Å². The number of ether oxygens (including phenoxy) is 1. The fourth-order valence-electron chi connectivity index (χ4n) is 2.08. The molecule has 1 aromatic carbocycles. The Morgan fingerprint density at radius 2 is 2.35 bits per heavy atom. The van der Waals surface area contributed by atoms with Crippen molar-refractivity contribution in [2.24, 2.45) is 0 Å². The van der Waals surface area contributed by atoms with Gasteiger partial charge in [-0.2, -0.15) is 0 Å². The minimum absolute atomic E-state index is 0.323. The summed E-state index contributed by atoms with van der Waals surface area (Å²) in [6.45, 7) is 1.30. The third-order valence-electron chi connectivity index (χ3n) is 2.99. The Kier molecular flexibility index (Phi) is 3.19. The van der Waals surface area contributed by atoms with Gasteiger partial charge in [-0.25, -0.2) is 4.79 Å². The zero-order valence-electron chi connectivity index (χ0n) is 9.72. The Bertz CT molecular complexity index is 434. The second kappa shape index (κ2) is 4.63. The van der Waals surface area contributed by atoms with Crippen LogP contribution in [0.1, 0.15) is 16.8 Å². The largest absolute Gasteiger partial charge is 0.465 e. The van der Waals surface area contributed by atoms with Crippen LogP contribution in [0.15, 0.2) is 18.2 Å². The number of nitrogens with two attached hydrogens (primary N) is 1. The Hall–Kier alpha value is -1.75. The molecule has 0 spiro atoms. The molecular weight excluding hydrogens is 220 g/mol. The summed E-state index contributed by atoms with van der Waals surface area (Å²) in [5, 5.41) is 9.50. The zero-order valence-corrected chi connectivity index (χ0v) is 9.72. The molecule has 5 heteroatoms. The number of carbonyl (C=O) groups excluding carboxylic acids is 1. The van der Waals surface area contributed by atoms with Crippen LogP contribution in [-0.2, 0) is 4.74 Å². The molecule has 1 aromatic rings. The van der Waals surface area contributed by atoms with Gasteiger partial charge in [0.25, 0.3) is 0 Å². The van der Waals surface area contributed by atoms with Crippen molar-refractivity contribution in [2.45, 2.75) is 12.5 Å². The molecule has 3 N–H and O–H groups in total. The molecule has 1 aliphatic rings. The molecule has 0 aliphatic carbocycles. The highest BCUT2D eigenvalue weighted by Gasteiger charge is 2.23. The number of β-amino-alcohol motifs (C(OH)–C–C–N with tert-alkyl or cyclic N) is 1. The fraction of sp³-hybridized carbons (Fsp3) is 0.417. The zero-order chi connectivity index (χ0) is 12.4. The van der Waals surface area contributed by atoms with Gasteiger partial charge in [-0.3, -0.25) is 0 Å². The van der Waals surface area contributed by atoms with E-state index in [1.54, 1.807) is 12.1 Å². The summed E-state index contributed by atoms with van der Waals surface area (Å²) in [4.78, 5) is 13.5. The number of carbonyl (C=O) groups is 1. The average Bonchev–Trinajstić information content (AvgIpc) is 2.75. The van der Waals surface area contributed by atoms with E-state index in [-0.39, 0.29) is 6.10 Å². The van der Waals surface area contributed by atoms with E-state index in [1.165, 1.54) is 7.11 Å². The number of hydrogen-bond donors (Lipinski definition) is 2. The van der Waals surface area contributed by atoms with Crippen LogP contribution in [0.25, 0.3) is 0 Å². The smallest absolute Gasteiger partial charge is 0.340 e. The highest BCUT2D eigenvalue weighted by atomic mass is 16.5. The summed E-state index contributed by atoms with van der Waals surface area (Å²) in [7, 11) is 1.33. The lowest BCUT2D eigenvalue weighted by molar-refractivity contribution is 0.0602. The monoisotopic (exact) mass is 236 g/mol. The molecule has 1 saturated heterocycles. The van der Waals surface area contributed by atoms with Crippen molar-refractivity contribution in [1.82, 2.24) is 0 Å². The molecular formula is C12H16N2O3. The van der Waals surface area contributed by atoms with Crippen molar-refractivity contribution in [3.05, 3.63) is 23.8 Å². The average molecular weight is 236 g/mol. The third-order valence-corrected chi connectivity index (χ3v) is 2.99. The number of aliphatic hydroxyl groups is 1. The van der Waals surface area contributed by atoms with Gasteiger partial charge in [-0.1, -0.05) is 6.07 Å². The number of para-hydroxylation sites is 1. The number of methoxy groups -OCH3 is 1. The van der Waals surface area contributed by atoms with Crippen molar-refractivity contribution in [3.63, 3.8) is 0 Å². The molecule has 1 fully saturated rings. The number of anilines is 2. The second-order valence-corrected chi connectivity index (χ2v) is 4.12. The van der Waals surface area contributed by atoms with E-state index in [4.69, 9.17) is 5.73 Å². The first-order chi connectivity index (χ1) is 8.13. The molecule has 0 amide bonds. The fourth-order valence-corrected chi connectivity index (χ4v) is 2.08. The summed E-state index contributed by atoms with van der Waals surface area (Å²) >= 11 is 0. The lowest BCUT2D eigenvalue weighted by Gasteiger charge is -2.20. The SMILES string of the molecule is COC(=O)c1cccc(N2CCC(O)C2)c1N. The van der Waals surface area contributed by atoms with Crippen LogP contribution in [0, 0.1) is 0 Å². The minimum Gasteiger partial charge on any atom is -0.465 e. The normalized spacial score (nSPS) is 19.4. The van der Waals surface area contributed by atoms with Gasteiger partial charge in [0, 0.05) is 13.1 Å². The molecule has 0 saturated carbocycles. The Balaban J connectivity index is 2.32. The van der Waals surface area contributed by atoms with Crippen molar-refractivity contribution >= 4 is 17.3 Å². The van der Waals surface area contributed by atoms with Crippen LogP contribution >= 0.6 is 0 Å². The molecule has 1 atom stereocenters. The quantitative estimate of drug-likeness (QED) is 0.581. The highest BCUT2D eigenvalue weighted by Crippen LogP contribution is 2.29. The second-order valence-electron chi connectivity index (χ2n) is 4.12. The van der Waals surface area contributed by atoms with E-state index < -0.39 is 5.97 Å². The van der Waals surface area contributed by atoms with Gasteiger partial charge in [-0.05, 0) is 18.6 Å².